The van der Waals surface area contributed by atoms with Crippen LogP contribution < -0.4 is 0 Å². The second kappa shape index (κ2) is 16.8. The summed E-state index contributed by atoms with van der Waals surface area (Å²) in [7, 11) is -3.70. The van der Waals surface area contributed by atoms with Crippen LogP contribution in [0.25, 0.3) is 0 Å². The largest absolute Gasteiger partial charge is 0.496 e. The lowest BCUT2D eigenvalue weighted by molar-refractivity contribution is -0.144. The maximum Gasteiger partial charge on any atom is 0.319 e. The van der Waals surface area contributed by atoms with Gasteiger partial charge in [-0.15, -0.1) is 0 Å². The second-order valence-corrected chi connectivity index (χ2v) is 24.0. The lowest BCUT2D eigenvalue weighted by Gasteiger charge is -2.50. The predicted octanol–water partition coefficient (Wildman–Crippen LogP) is 7.73. The maximum absolute atomic E-state index is 11.5. The highest BCUT2D eigenvalue weighted by Crippen LogP contribution is 2.45. The molecule has 0 fully saturated rings. The Hall–Kier alpha value is -0.196. The third-order valence-electron chi connectivity index (χ3n) is 7.91. The minimum Gasteiger partial charge on any atom is -0.496 e. The van der Waals surface area contributed by atoms with E-state index in [4.69, 9.17) is 23.4 Å². The number of allylic oxidation sites excluding steroid dienone is 1. The minimum absolute atomic E-state index is 0.131. The molecule has 0 spiro atoms. The molecule has 0 radical (unpaired) electrons. The summed E-state index contributed by atoms with van der Waals surface area (Å²) in [6.45, 7) is 32.0. The van der Waals surface area contributed by atoms with Gasteiger partial charge in [0, 0.05) is 24.4 Å². The molecule has 6 nitrogen and oxygen atoms in total. The Bertz CT molecular complexity index is 622. The summed E-state index contributed by atoms with van der Waals surface area (Å²) in [5, 5.41) is 0.00188. The molecule has 37 heavy (non-hydrogen) atoms. The molecule has 0 aromatic heterocycles. The van der Waals surface area contributed by atoms with Crippen molar-refractivity contribution in [1.29, 1.82) is 0 Å². The number of rotatable bonds is 21. The molecule has 0 rings (SSSR count). The summed E-state index contributed by atoms with van der Waals surface area (Å²) in [6, 6.07) is 1.13. The van der Waals surface area contributed by atoms with Gasteiger partial charge in [0.1, 0.15) is 18.0 Å². The van der Waals surface area contributed by atoms with Gasteiger partial charge in [-0.2, -0.15) is 0 Å². The zero-order valence-corrected chi connectivity index (χ0v) is 29.3. The molecule has 1 unspecified atom stereocenters. The van der Waals surface area contributed by atoms with Gasteiger partial charge in [0.2, 0.25) is 0 Å². The monoisotopic (exact) mass is 624 g/mol. The van der Waals surface area contributed by atoms with E-state index in [9.17, 15) is 4.79 Å². The van der Waals surface area contributed by atoms with Crippen molar-refractivity contribution in [2.24, 2.45) is 5.92 Å². The van der Waals surface area contributed by atoms with Gasteiger partial charge in [-0.3, -0.25) is 4.79 Å². The zero-order chi connectivity index (χ0) is 28.9. The normalized spacial score (nSPS) is 14.1. The van der Waals surface area contributed by atoms with E-state index in [1.165, 1.54) is 0 Å². The van der Waals surface area contributed by atoms with Gasteiger partial charge in [0.15, 0.2) is 8.32 Å². The van der Waals surface area contributed by atoms with Gasteiger partial charge < -0.3 is 23.4 Å². The van der Waals surface area contributed by atoms with Gasteiger partial charge in [-0.05, 0) is 58.2 Å². The van der Waals surface area contributed by atoms with Crippen molar-refractivity contribution in [2.75, 3.05) is 39.6 Å². The average Bonchev–Trinajstić information content (AvgIpc) is 2.76. The fourth-order valence-corrected chi connectivity index (χ4v) is 9.63. The number of hydrogen-bond donors (Lipinski definition) is 0. The highest BCUT2D eigenvalue weighted by atomic mass is 79.9. The van der Waals surface area contributed by atoms with Crippen LogP contribution in [0, 0.1) is 5.92 Å². The standard InChI is InChI=1S/C28H57BrO6Si2/c1-23(2)25(4)33-20-18-31-16-13-15-27(5,6)37(11,12)35-28(7,8)36(9,10)22-14-17-32-19-21-34-26(30)24(3)29/h23-24H,4,13-22H2,1-3,5-12H3. The van der Waals surface area contributed by atoms with Crippen LogP contribution in [0.3, 0.4) is 0 Å². The predicted molar refractivity (Wildman–Crippen MR) is 164 cm³/mol. The van der Waals surface area contributed by atoms with Crippen molar-refractivity contribution < 1.29 is 28.2 Å². The van der Waals surface area contributed by atoms with E-state index in [2.05, 4.69) is 90.2 Å². The van der Waals surface area contributed by atoms with Crippen molar-refractivity contribution in [2.45, 2.75) is 115 Å². The zero-order valence-electron chi connectivity index (χ0n) is 25.8. The number of ether oxygens (including phenoxy) is 4. The summed E-state index contributed by atoms with van der Waals surface area (Å²) < 4.78 is 29.3. The molecule has 0 N–H and O–H groups in total. The topological polar surface area (TPSA) is 63.2 Å². The fraction of sp³-hybridized carbons (Fsp3) is 0.893. The van der Waals surface area contributed by atoms with Crippen LogP contribution >= 0.6 is 15.9 Å². The van der Waals surface area contributed by atoms with E-state index in [0.29, 0.717) is 39.0 Å². The quantitative estimate of drug-likeness (QED) is 0.0428. The number of halogens is 1. The van der Waals surface area contributed by atoms with Crippen molar-refractivity contribution in [3.05, 3.63) is 12.3 Å². The van der Waals surface area contributed by atoms with E-state index in [1.54, 1.807) is 6.92 Å². The lowest BCUT2D eigenvalue weighted by Crippen LogP contribution is -2.59. The minimum atomic E-state index is -2.01. The number of esters is 1. The summed E-state index contributed by atoms with van der Waals surface area (Å²) in [5.41, 5.74) is 0. The average molecular weight is 626 g/mol. The van der Waals surface area contributed by atoms with Crippen LogP contribution in [0.5, 0.6) is 0 Å². The van der Waals surface area contributed by atoms with E-state index in [-0.39, 0.29) is 21.1 Å². The van der Waals surface area contributed by atoms with Gasteiger partial charge in [0.05, 0.1) is 27.0 Å². The van der Waals surface area contributed by atoms with Crippen molar-refractivity contribution in [3.8, 4) is 0 Å². The Morgan fingerprint density at radius 2 is 1.35 bits per heavy atom. The molecule has 0 saturated carbocycles. The molecular weight excluding hydrogens is 568 g/mol. The second-order valence-electron chi connectivity index (χ2n) is 12.6. The van der Waals surface area contributed by atoms with Crippen LogP contribution in [-0.4, -0.2) is 72.1 Å². The van der Waals surface area contributed by atoms with E-state index >= 15 is 0 Å². The van der Waals surface area contributed by atoms with Crippen LogP contribution in [0.1, 0.15) is 67.7 Å². The Morgan fingerprint density at radius 1 is 0.838 bits per heavy atom. The lowest BCUT2D eigenvalue weighted by atomic mass is 10.1. The van der Waals surface area contributed by atoms with Crippen molar-refractivity contribution in [1.82, 2.24) is 0 Å². The van der Waals surface area contributed by atoms with E-state index in [1.807, 2.05) is 0 Å². The molecule has 9 heteroatoms. The van der Waals surface area contributed by atoms with Crippen LogP contribution in [-0.2, 0) is 28.2 Å². The molecule has 0 aliphatic rings. The molecular formula is C28H57BrO6Si2. The molecule has 0 aliphatic heterocycles. The summed E-state index contributed by atoms with van der Waals surface area (Å²) in [4.78, 5) is 11.2. The number of carbonyl (C=O) groups excluding carboxylic acids is 1. The number of carbonyl (C=O) groups is 1. The van der Waals surface area contributed by atoms with Crippen LogP contribution in [0.15, 0.2) is 12.3 Å². The highest BCUT2D eigenvalue weighted by Gasteiger charge is 2.48. The third kappa shape index (κ3) is 14.1. The molecule has 0 amide bonds. The first kappa shape index (κ1) is 36.8. The Kier molecular flexibility index (Phi) is 16.7. The smallest absolute Gasteiger partial charge is 0.319 e. The highest BCUT2D eigenvalue weighted by molar-refractivity contribution is 9.10. The summed E-state index contributed by atoms with van der Waals surface area (Å²) in [5.74, 6) is 0.903. The van der Waals surface area contributed by atoms with Crippen molar-refractivity contribution >= 4 is 38.3 Å². The van der Waals surface area contributed by atoms with Crippen LogP contribution in [0.2, 0.25) is 37.3 Å². The van der Waals surface area contributed by atoms with Gasteiger partial charge >= 0.3 is 5.97 Å². The molecule has 0 aliphatic carbocycles. The van der Waals surface area contributed by atoms with Gasteiger partial charge in [-0.25, -0.2) is 0 Å². The summed E-state index contributed by atoms with van der Waals surface area (Å²) >= 11 is 3.21. The molecule has 0 heterocycles. The number of hydrogen-bond acceptors (Lipinski definition) is 6. The van der Waals surface area contributed by atoms with Gasteiger partial charge in [0.25, 0.3) is 0 Å². The molecule has 220 valence electrons. The van der Waals surface area contributed by atoms with Crippen LogP contribution in [0.4, 0.5) is 0 Å². The molecule has 1 atom stereocenters. The SMILES string of the molecule is C=C(OCCOCCCC(C)(C)[Si](C)(C)OC(C)(C)[Si](C)(C)CCCOCCOC(=O)C(C)Br)C(C)C. The van der Waals surface area contributed by atoms with Gasteiger partial charge in [-0.1, -0.05) is 69.3 Å². The molecule has 0 aromatic rings. The number of alkyl halides is 1. The summed E-state index contributed by atoms with van der Waals surface area (Å²) in [6.07, 6.45) is 3.09. The van der Waals surface area contributed by atoms with E-state index < -0.39 is 16.4 Å². The fourth-order valence-electron chi connectivity index (χ4n) is 3.67. The molecule has 0 bridgehead atoms. The molecule has 0 aromatic carbocycles. The first-order valence-corrected chi connectivity index (χ1v) is 20.9. The third-order valence-corrected chi connectivity index (χ3v) is 18.0. The van der Waals surface area contributed by atoms with E-state index in [0.717, 1.165) is 37.7 Å². The Morgan fingerprint density at radius 3 is 1.86 bits per heavy atom. The molecule has 0 saturated heterocycles. The Balaban J connectivity index is 4.50. The maximum atomic E-state index is 11.5. The Labute approximate surface area is 238 Å². The first-order valence-electron chi connectivity index (χ1n) is 13.8. The van der Waals surface area contributed by atoms with Crippen molar-refractivity contribution in [3.63, 3.8) is 0 Å². The first-order chi connectivity index (χ1) is 16.9.